The molecule has 1 saturated heterocycles. The normalized spacial score (nSPS) is 16.6. The van der Waals surface area contributed by atoms with Crippen LogP contribution < -0.4 is 15.4 Å². The summed E-state index contributed by atoms with van der Waals surface area (Å²) in [6.07, 6.45) is 3.28. The fourth-order valence-corrected chi connectivity index (χ4v) is 3.85. The van der Waals surface area contributed by atoms with Gasteiger partial charge in [0.2, 0.25) is 11.8 Å². The number of hydrogen-bond donors (Lipinski definition) is 1. The number of carbonyl (C=O) groups excluding carboxylic acids is 2. The average molecular weight is 470 g/mol. The number of rotatable bonds is 9. The summed E-state index contributed by atoms with van der Waals surface area (Å²) >= 11 is 0.946. The molecule has 1 atom stereocenters. The molecule has 172 valence electrons. The molecule has 1 fully saturated rings. The van der Waals surface area contributed by atoms with Crippen molar-refractivity contribution in [2.45, 2.75) is 31.4 Å². The molecule has 2 amide bonds. The number of nitro benzene ring substituents is 1. The van der Waals surface area contributed by atoms with Crippen molar-refractivity contribution in [3.63, 3.8) is 0 Å². The van der Waals surface area contributed by atoms with Gasteiger partial charge in [-0.3, -0.25) is 19.7 Å². The number of amidine groups is 1. The average Bonchev–Trinajstić information content (AvgIpc) is 3.07. The Kier molecular flexibility index (Phi) is 8.14. The second-order valence-electron chi connectivity index (χ2n) is 7.11. The van der Waals surface area contributed by atoms with Gasteiger partial charge in [0.05, 0.1) is 23.4 Å². The Labute approximate surface area is 194 Å². The highest BCUT2D eigenvalue weighted by atomic mass is 32.2. The summed E-state index contributed by atoms with van der Waals surface area (Å²) in [7, 11) is 0. The molecule has 2 aromatic carbocycles. The van der Waals surface area contributed by atoms with Gasteiger partial charge in [-0.2, -0.15) is 5.10 Å². The topological polar surface area (TPSA) is 140 Å². The largest absolute Gasteiger partial charge is 0.494 e. The standard InChI is InChI=1S/C22H23N5O5S/c1-2-3-11-32-18-9-7-16(8-10-18)26-20(28)13-19(21(26)29)33-22(23)25-24-14-15-5-4-6-17(12-15)27(30)31/h4-10,12,14,19H,2-3,11,13H2,1H3,(H2,23,25)/b24-14+. The molecule has 3 rings (SSSR count). The van der Waals surface area contributed by atoms with Gasteiger partial charge < -0.3 is 10.5 Å². The molecule has 1 unspecified atom stereocenters. The molecular formula is C22H23N5O5S. The van der Waals surface area contributed by atoms with Crippen LogP contribution in [0.2, 0.25) is 0 Å². The van der Waals surface area contributed by atoms with Gasteiger partial charge in [0.1, 0.15) is 11.0 Å². The number of imide groups is 1. The second kappa shape index (κ2) is 11.2. The second-order valence-corrected chi connectivity index (χ2v) is 8.33. The molecule has 1 aliphatic heterocycles. The molecule has 0 saturated carbocycles. The highest BCUT2D eigenvalue weighted by Crippen LogP contribution is 2.30. The van der Waals surface area contributed by atoms with Crippen LogP contribution in [0.15, 0.2) is 58.7 Å². The van der Waals surface area contributed by atoms with E-state index in [1.54, 1.807) is 30.3 Å². The number of nitro groups is 1. The zero-order valence-electron chi connectivity index (χ0n) is 17.9. The molecule has 2 N–H and O–H groups in total. The Morgan fingerprint density at radius 3 is 2.76 bits per heavy atom. The monoisotopic (exact) mass is 469 g/mol. The SMILES string of the molecule is CCCCOc1ccc(N2C(=O)CC(S/C(N)=N\N=C\c3cccc([N+](=O)[O-])c3)C2=O)cc1. The van der Waals surface area contributed by atoms with Gasteiger partial charge in [0, 0.05) is 24.1 Å². The number of benzene rings is 2. The molecule has 10 nitrogen and oxygen atoms in total. The number of carbonyl (C=O) groups is 2. The van der Waals surface area contributed by atoms with E-state index in [4.69, 9.17) is 10.5 Å². The summed E-state index contributed by atoms with van der Waals surface area (Å²) in [6.45, 7) is 2.69. The predicted molar refractivity (Wildman–Crippen MR) is 128 cm³/mol. The van der Waals surface area contributed by atoms with Gasteiger partial charge in [-0.1, -0.05) is 37.2 Å². The van der Waals surface area contributed by atoms with E-state index in [0.717, 1.165) is 29.5 Å². The van der Waals surface area contributed by atoms with Crippen LogP contribution >= 0.6 is 11.8 Å². The number of anilines is 1. The van der Waals surface area contributed by atoms with Crippen LogP contribution in [-0.4, -0.2) is 40.0 Å². The Hall–Kier alpha value is -3.73. The third-order valence-corrected chi connectivity index (χ3v) is 5.65. The highest BCUT2D eigenvalue weighted by molar-refractivity contribution is 8.14. The summed E-state index contributed by atoms with van der Waals surface area (Å²) in [5, 5.41) is 17.8. The van der Waals surface area contributed by atoms with Crippen molar-refractivity contribution in [2.75, 3.05) is 11.5 Å². The number of non-ortho nitro benzene ring substituents is 1. The van der Waals surface area contributed by atoms with Crippen molar-refractivity contribution in [1.29, 1.82) is 0 Å². The Balaban J connectivity index is 1.61. The lowest BCUT2D eigenvalue weighted by molar-refractivity contribution is -0.384. The quantitative estimate of drug-likeness (QED) is 0.148. The fourth-order valence-electron chi connectivity index (χ4n) is 3.03. The minimum atomic E-state index is -0.713. The molecule has 0 aromatic heterocycles. The fraction of sp³-hybridized carbons (Fsp3) is 0.273. The van der Waals surface area contributed by atoms with Crippen LogP contribution in [0.25, 0.3) is 0 Å². The lowest BCUT2D eigenvalue weighted by Gasteiger charge is -2.15. The first-order valence-electron chi connectivity index (χ1n) is 10.3. The molecule has 33 heavy (non-hydrogen) atoms. The van der Waals surface area contributed by atoms with E-state index in [1.165, 1.54) is 24.4 Å². The van der Waals surface area contributed by atoms with Gasteiger partial charge in [-0.25, -0.2) is 4.90 Å². The molecule has 0 bridgehead atoms. The molecule has 1 aliphatic rings. The van der Waals surface area contributed by atoms with Crippen molar-refractivity contribution < 1.29 is 19.2 Å². The number of nitrogens with zero attached hydrogens (tertiary/aromatic N) is 4. The van der Waals surface area contributed by atoms with Crippen molar-refractivity contribution >= 4 is 46.3 Å². The van der Waals surface area contributed by atoms with E-state index >= 15 is 0 Å². The summed E-state index contributed by atoms with van der Waals surface area (Å²) in [5.74, 6) is -0.0364. The molecule has 0 spiro atoms. The molecule has 11 heteroatoms. The van der Waals surface area contributed by atoms with Crippen LogP contribution in [0, 0.1) is 10.1 Å². The van der Waals surface area contributed by atoms with Gasteiger partial charge in [-0.15, -0.1) is 5.10 Å². The van der Waals surface area contributed by atoms with Gasteiger partial charge >= 0.3 is 0 Å². The minimum Gasteiger partial charge on any atom is -0.494 e. The summed E-state index contributed by atoms with van der Waals surface area (Å²) in [4.78, 5) is 36.7. The van der Waals surface area contributed by atoms with Gasteiger partial charge in [0.25, 0.3) is 5.69 Å². The van der Waals surface area contributed by atoms with E-state index in [1.807, 2.05) is 0 Å². The lowest BCUT2D eigenvalue weighted by atomic mass is 10.2. The lowest BCUT2D eigenvalue weighted by Crippen LogP contribution is -2.31. The smallest absolute Gasteiger partial charge is 0.270 e. The maximum absolute atomic E-state index is 12.8. The third-order valence-electron chi connectivity index (χ3n) is 4.67. The van der Waals surface area contributed by atoms with Crippen molar-refractivity contribution in [3.8, 4) is 5.75 Å². The first-order chi connectivity index (χ1) is 15.9. The number of hydrogen-bond acceptors (Lipinski definition) is 8. The molecule has 0 aliphatic carbocycles. The van der Waals surface area contributed by atoms with Crippen LogP contribution in [-0.2, 0) is 9.59 Å². The van der Waals surface area contributed by atoms with Crippen LogP contribution in [0.1, 0.15) is 31.7 Å². The molecule has 1 heterocycles. The van der Waals surface area contributed by atoms with E-state index in [9.17, 15) is 19.7 Å². The molecule has 2 aromatic rings. The van der Waals surface area contributed by atoms with E-state index < -0.39 is 10.2 Å². The third kappa shape index (κ3) is 6.39. The van der Waals surface area contributed by atoms with E-state index in [2.05, 4.69) is 17.1 Å². The number of amides is 2. The summed E-state index contributed by atoms with van der Waals surface area (Å²) < 4.78 is 5.61. The number of nitrogens with two attached hydrogens (primary N) is 1. The first kappa shape index (κ1) is 23.9. The number of unbranched alkanes of at least 4 members (excludes halogenated alkanes) is 1. The van der Waals surface area contributed by atoms with E-state index in [0.29, 0.717) is 23.6 Å². The Morgan fingerprint density at radius 1 is 1.30 bits per heavy atom. The summed E-state index contributed by atoms with van der Waals surface area (Å²) in [5.41, 5.74) is 6.73. The summed E-state index contributed by atoms with van der Waals surface area (Å²) in [6, 6.07) is 12.7. The van der Waals surface area contributed by atoms with E-state index in [-0.39, 0.29) is 29.1 Å². The maximum atomic E-state index is 12.8. The number of ether oxygens (including phenoxy) is 1. The zero-order valence-corrected chi connectivity index (χ0v) is 18.7. The maximum Gasteiger partial charge on any atom is 0.270 e. The van der Waals surface area contributed by atoms with Crippen LogP contribution in [0.4, 0.5) is 11.4 Å². The van der Waals surface area contributed by atoms with Gasteiger partial charge in [0.15, 0.2) is 5.17 Å². The Morgan fingerprint density at radius 2 is 2.06 bits per heavy atom. The zero-order chi connectivity index (χ0) is 23.8. The van der Waals surface area contributed by atoms with Crippen molar-refractivity contribution in [3.05, 3.63) is 64.2 Å². The van der Waals surface area contributed by atoms with Gasteiger partial charge in [-0.05, 0) is 30.7 Å². The predicted octanol–water partition coefficient (Wildman–Crippen LogP) is 3.49. The first-order valence-corrected chi connectivity index (χ1v) is 11.1. The molecule has 0 radical (unpaired) electrons. The van der Waals surface area contributed by atoms with Crippen LogP contribution in [0.3, 0.4) is 0 Å². The molecular weight excluding hydrogens is 446 g/mol. The highest BCUT2D eigenvalue weighted by Gasteiger charge is 2.40. The van der Waals surface area contributed by atoms with Crippen molar-refractivity contribution in [2.24, 2.45) is 15.9 Å². The number of thioether (sulfide) groups is 1. The van der Waals surface area contributed by atoms with Crippen LogP contribution in [0.5, 0.6) is 5.75 Å². The minimum absolute atomic E-state index is 0.00403. The van der Waals surface area contributed by atoms with Crippen molar-refractivity contribution in [1.82, 2.24) is 0 Å². The Bertz CT molecular complexity index is 1090.